The third-order valence-electron chi connectivity index (χ3n) is 15.3. The highest BCUT2D eigenvalue weighted by Gasteiger charge is 2.31. The third kappa shape index (κ3) is 5.70. The van der Waals surface area contributed by atoms with Crippen LogP contribution in [0.15, 0.2) is 219 Å². The van der Waals surface area contributed by atoms with Gasteiger partial charge in [0.1, 0.15) is 44.7 Å². The maximum Gasteiger partial charge on any atom is 0.262 e. The molecule has 0 fully saturated rings. The van der Waals surface area contributed by atoms with Crippen molar-refractivity contribution in [3.05, 3.63) is 235 Å². The van der Waals surface area contributed by atoms with Crippen LogP contribution in [0.1, 0.15) is 37.1 Å². The summed E-state index contributed by atoms with van der Waals surface area (Å²) in [5.41, 5.74) is 2.56. The van der Waals surface area contributed by atoms with Gasteiger partial charge in [-0.05, 0) is 73.5 Å². The summed E-state index contributed by atoms with van der Waals surface area (Å²) >= 11 is 0. The SMILES string of the molecule is CC(c1ccccc1)n1c(=O)c2cc3oc4ccccc4c4ccccc4oc4cc5c(=O)n(C(C)c6ccccc6)c(=O)c6cc7oc8ccccc8c8ccccc8oc8cc(c1=O)c2c1c3c4c(c56)c7c81. The van der Waals surface area contributed by atoms with Crippen LogP contribution in [0.2, 0.25) is 0 Å². The van der Waals surface area contributed by atoms with Gasteiger partial charge in [0.2, 0.25) is 0 Å². The molecule has 0 aliphatic rings. The van der Waals surface area contributed by atoms with Crippen LogP contribution < -0.4 is 22.2 Å². The van der Waals surface area contributed by atoms with Crippen molar-refractivity contribution in [1.82, 2.24) is 9.13 Å². The first-order chi connectivity index (χ1) is 36.2. The second kappa shape index (κ2) is 15.4. The van der Waals surface area contributed by atoms with Gasteiger partial charge >= 0.3 is 0 Å². The van der Waals surface area contributed by atoms with E-state index in [0.717, 1.165) is 11.1 Å². The van der Waals surface area contributed by atoms with Gasteiger partial charge in [0.05, 0.1) is 33.6 Å². The summed E-state index contributed by atoms with van der Waals surface area (Å²) in [6.07, 6.45) is 0. The van der Waals surface area contributed by atoms with Gasteiger partial charge in [-0.2, -0.15) is 0 Å². The second-order valence-electron chi connectivity index (χ2n) is 19.2. The van der Waals surface area contributed by atoms with Crippen molar-refractivity contribution in [3.8, 4) is 0 Å². The lowest BCUT2D eigenvalue weighted by atomic mass is 9.85. The number of aromatic nitrogens is 2. The zero-order valence-corrected chi connectivity index (χ0v) is 39.6. The molecule has 0 bridgehead atoms. The predicted octanol–water partition coefficient (Wildman–Crippen LogP) is 14.7. The van der Waals surface area contributed by atoms with Gasteiger partial charge in [0.15, 0.2) is 0 Å². The molecule has 352 valence electrons. The van der Waals surface area contributed by atoms with Gasteiger partial charge in [-0.25, -0.2) is 0 Å². The zero-order valence-electron chi connectivity index (χ0n) is 39.6. The van der Waals surface area contributed by atoms with Gasteiger partial charge in [-0.3, -0.25) is 28.3 Å². The molecule has 2 atom stereocenters. The first-order valence-electron chi connectivity index (χ1n) is 24.5. The molecule has 0 amide bonds. The van der Waals surface area contributed by atoms with E-state index in [1.165, 1.54) is 9.13 Å². The Hall–Kier alpha value is -9.80. The molecule has 10 nitrogen and oxygen atoms in total. The fourth-order valence-electron chi connectivity index (χ4n) is 11.9. The van der Waals surface area contributed by atoms with E-state index in [0.29, 0.717) is 87.0 Å². The Morgan fingerprint density at radius 1 is 0.270 bits per heavy atom. The number of hydrogen-bond acceptors (Lipinski definition) is 8. The van der Waals surface area contributed by atoms with Gasteiger partial charge in [0.25, 0.3) is 22.2 Å². The average molecular weight is 963 g/mol. The lowest BCUT2D eigenvalue weighted by Crippen LogP contribution is -2.36. The fraction of sp³-hybridized carbons (Fsp3) is 0.0625. The van der Waals surface area contributed by atoms with Crippen LogP contribution in [-0.4, -0.2) is 9.13 Å². The summed E-state index contributed by atoms with van der Waals surface area (Å²) < 4.78 is 31.7. The van der Waals surface area contributed by atoms with E-state index in [1.54, 1.807) is 24.3 Å². The molecule has 4 heterocycles. The van der Waals surface area contributed by atoms with Crippen molar-refractivity contribution in [2.45, 2.75) is 25.9 Å². The van der Waals surface area contributed by atoms with Crippen LogP contribution in [0.5, 0.6) is 0 Å². The minimum absolute atomic E-state index is 0.242. The standard InChI is InChI=1S/C64H38N2O8/c1-33(35-17-5-3-6-18-35)65-61(67)41-29-49-55-57-51(73-47-27-15-11-23-39(47)37-21-9-13-25-45(37)71-49)31-43-54-44(64(70)66(63(43)69)34(2)36-19-7-4-8-20-36)32-52-58(60(54)57)56-50(30-42(62(65)68)53(41)59(55)56)72-46-26-14-10-22-38(46)40-24-12-16-28-48(40)74-52/h3-34H,1-2H3. The monoisotopic (exact) mass is 962 g/mol. The third-order valence-corrected chi connectivity index (χ3v) is 15.3. The first kappa shape index (κ1) is 41.9. The van der Waals surface area contributed by atoms with E-state index in [1.807, 2.05) is 172 Å². The number of pyridine rings is 2. The number of benzene rings is 11. The van der Waals surface area contributed by atoms with E-state index in [4.69, 9.17) is 17.7 Å². The van der Waals surface area contributed by atoms with Gasteiger partial charge in [-0.15, -0.1) is 0 Å². The largest absolute Gasteiger partial charge is 0.456 e. The van der Waals surface area contributed by atoms with Crippen LogP contribution in [0, 0.1) is 0 Å². The quantitative estimate of drug-likeness (QED) is 0.126. The molecule has 4 aromatic heterocycles. The molecule has 74 heavy (non-hydrogen) atoms. The Bertz CT molecular complexity index is 4670. The summed E-state index contributed by atoms with van der Waals surface area (Å²) in [4.78, 5) is 62.2. The van der Waals surface area contributed by atoms with Crippen molar-refractivity contribution >= 4 is 131 Å². The summed E-state index contributed by atoms with van der Waals surface area (Å²) in [5.74, 6) is 0. The van der Waals surface area contributed by atoms with E-state index in [-0.39, 0.29) is 43.9 Å². The van der Waals surface area contributed by atoms with Crippen molar-refractivity contribution in [3.63, 3.8) is 0 Å². The first-order valence-corrected chi connectivity index (χ1v) is 24.5. The van der Waals surface area contributed by atoms with Gasteiger partial charge in [0, 0.05) is 64.6 Å². The lowest BCUT2D eigenvalue weighted by molar-refractivity contribution is 0.603. The van der Waals surface area contributed by atoms with E-state index >= 15 is 19.2 Å². The molecule has 0 saturated carbocycles. The summed E-state index contributed by atoms with van der Waals surface area (Å²) in [6, 6.07) is 55.0. The molecule has 0 radical (unpaired) electrons. The van der Waals surface area contributed by atoms with Crippen LogP contribution in [-0.2, 0) is 0 Å². The van der Waals surface area contributed by atoms with Gasteiger partial charge in [-0.1, -0.05) is 133 Å². The van der Waals surface area contributed by atoms with Crippen molar-refractivity contribution in [2.24, 2.45) is 0 Å². The number of hydrogen-bond donors (Lipinski definition) is 0. The summed E-state index contributed by atoms with van der Waals surface area (Å²) in [7, 11) is 0. The van der Waals surface area contributed by atoms with E-state index in [2.05, 4.69) is 0 Å². The lowest BCUT2D eigenvalue weighted by Gasteiger charge is -2.22. The Kier molecular flexibility index (Phi) is 8.70. The zero-order chi connectivity index (χ0) is 49.7. The molecule has 10 heteroatoms. The Morgan fingerprint density at radius 3 is 0.784 bits per heavy atom. The molecule has 11 aromatic carbocycles. The van der Waals surface area contributed by atoms with Crippen LogP contribution in [0.25, 0.3) is 131 Å². The molecular weight excluding hydrogens is 925 g/mol. The Labute approximate surface area is 416 Å². The number of fused-ring (bicyclic) bond motifs is 6. The second-order valence-corrected chi connectivity index (χ2v) is 19.2. The van der Waals surface area contributed by atoms with Crippen LogP contribution in [0.4, 0.5) is 0 Å². The molecular formula is C64H38N2O8. The molecule has 0 aliphatic heterocycles. The maximum absolute atomic E-state index is 15.5. The topological polar surface area (TPSA) is 131 Å². The fourth-order valence-corrected chi connectivity index (χ4v) is 11.9. The predicted molar refractivity (Wildman–Crippen MR) is 296 cm³/mol. The Morgan fingerprint density at radius 2 is 0.514 bits per heavy atom. The molecule has 0 saturated heterocycles. The van der Waals surface area contributed by atoms with Crippen molar-refractivity contribution < 1.29 is 17.7 Å². The number of para-hydroxylation sites is 4. The van der Waals surface area contributed by atoms with E-state index < -0.39 is 34.3 Å². The highest BCUT2D eigenvalue weighted by Crippen LogP contribution is 2.51. The normalized spacial score (nSPS) is 13.1. The maximum atomic E-state index is 15.5. The summed E-state index contributed by atoms with van der Waals surface area (Å²) in [5, 5.41) is 7.48. The molecule has 0 N–H and O–H groups in total. The molecule has 15 rings (SSSR count). The van der Waals surface area contributed by atoms with Crippen molar-refractivity contribution in [2.75, 3.05) is 0 Å². The smallest absolute Gasteiger partial charge is 0.262 e. The average Bonchev–Trinajstić information content (AvgIpc) is 3.46. The van der Waals surface area contributed by atoms with Gasteiger partial charge < -0.3 is 17.7 Å². The highest BCUT2D eigenvalue weighted by atomic mass is 16.3. The highest BCUT2D eigenvalue weighted by molar-refractivity contribution is 6.47. The minimum atomic E-state index is -0.665. The van der Waals surface area contributed by atoms with Crippen LogP contribution in [0.3, 0.4) is 0 Å². The molecule has 0 spiro atoms. The minimum Gasteiger partial charge on any atom is -0.456 e. The molecule has 0 aliphatic carbocycles. The number of nitrogens with zero attached hydrogens (tertiary/aromatic N) is 2. The van der Waals surface area contributed by atoms with Crippen LogP contribution >= 0.6 is 0 Å². The Balaban J connectivity index is 1.32. The summed E-state index contributed by atoms with van der Waals surface area (Å²) in [6.45, 7) is 3.70. The molecule has 2 unspecified atom stereocenters. The van der Waals surface area contributed by atoms with E-state index in [9.17, 15) is 0 Å². The number of rotatable bonds is 4. The van der Waals surface area contributed by atoms with Crippen molar-refractivity contribution in [1.29, 1.82) is 0 Å². The molecule has 15 aromatic rings.